The van der Waals surface area contributed by atoms with Gasteiger partial charge in [0.15, 0.2) is 11.3 Å². The Morgan fingerprint density at radius 2 is 2.42 bits per heavy atom. The first-order valence-electron chi connectivity index (χ1n) is 3.57. The lowest BCUT2D eigenvalue weighted by Crippen LogP contribution is -1.88. The molecule has 0 fully saturated rings. The number of hydrogen-bond donors (Lipinski definition) is 1. The van der Waals surface area contributed by atoms with E-state index in [1.54, 1.807) is 16.9 Å². The number of hydrogen-bond acceptors (Lipinski definition) is 3. The molecule has 0 amide bonds. The minimum atomic E-state index is 0.794. The number of fused-ring (bicyclic) bond motifs is 2. The van der Waals surface area contributed by atoms with Gasteiger partial charge in [0.2, 0.25) is 0 Å². The van der Waals surface area contributed by atoms with Crippen LogP contribution in [0.4, 0.5) is 0 Å². The highest BCUT2D eigenvalue weighted by molar-refractivity contribution is 5.74. The summed E-state index contributed by atoms with van der Waals surface area (Å²) in [5, 5.41) is 11.7. The molecule has 0 aromatic carbocycles. The van der Waals surface area contributed by atoms with Gasteiger partial charge in [0.25, 0.3) is 0 Å². The van der Waals surface area contributed by atoms with Crippen LogP contribution in [0.1, 0.15) is 0 Å². The minimum absolute atomic E-state index is 0.794. The molecule has 5 heteroatoms. The summed E-state index contributed by atoms with van der Waals surface area (Å²) in [6, 6.07) is 1.85. The summed E-state index contributed by atoms with van der Waals surface area (Å²) in [4.78, 5) is 4.28. The fourth-order valence-electron chi connectivity index (χ4n) is 1.21. The van der Waals surface area contributed by atoms with Crippen molar-refractivity contribution in [1.82, 2.24) is 24.8 Å². The van der Waals surface area contributed by atoms with Gasteiger partial charge in [-0.25, -0.2) is 9.50 Å². The van der Waals surface area contributed by atoms with Gasteiger partial charge >= 0.3 is 0 Å². The van der Waals surface area contributed by atoms with E-state index in [9.17, 15) is 0 Å². The summed E-state index contributed by atoms with van der Waals surface area (Å²) in [5.41, 5.74) is 1.62. The molecule has 0 radical (unpaired) electrons. The molecule has 0 saturated carbocycles. The first-order valence-corrected chi connectivity index (χ1v) is 3.57. The van der Waals surface area contributed by atoms with E-state index in [1.165, 1.54) is 0 Å². The van der Waals surface area contributed by atoms with Crippen LogP contribution in [0.2, 0.25) is 0 Å². The maximum Gasteiger partial charge on any atom is 0.159 e. The average molecular weight is 159 g/mol. The fourth-order valence-corrected chi connectivity index (χ4v) is 1.21. The second-order valence-electron chi connectivity index (χ2n) is 2.55. The van der Waals surface area contributed by atoms with E-state index in [1.807, 2.05) is 12.3 Å². The number of aromatic amines is 1. The van der Waals surface area contributed by atoms with Gasteiger partial charge in [0, 0.05) is 12.3 Å². The van der Waals surface area contributed by atoms with Crippen molar-refractivity contribution in [3.05, 3.63) is 24.7 Å². The van der Waals surface area contributed by atoms with Gasteiger partial charge in [-0.2, -0.15) is 10.2 Å². The van der Waals surface area contributed by atoms with Crippen LogP contribution in [0, 0.1) is 0 Å². The first-order chi connectivity index (χ1) is 5.93. The molecular formula is C7H5N5. The molecule has 1 N–H and O–H groups in total. The van der Waals surface area contributed by atoms with E-state index >= 15 is 0 Å². The monoisotopic (exact) mass is 159 g/mol. The smallest absolute Gasteiger partial charge is 0.159 e. The molecule has 3 heterocycles. The fraction of sp³-hybridized carbons (Fsp3) is 0. The van der Waals surface area contributed by atoms with Crippen molar-refractivity contribution < 1.29 is 0 Å². The van der Waals surface area contributed by atoms with E-state index in [0.29, 0.717) is 0 Å². The van der Waals surface area contributed by atoms with Crippen molar-refractivity contribution in [2.45, 2.75) is 0 Å². The SMILES string of the molecule is c1cc2nc3[nH]ncc3cn2n1. The Balaban J connectivity index is 2.62. The van der Waals surface area contributed by atoms with Crippen LogP contribution < -0.4 is 0 Å². The quantitative estimate of drug-likeness (QED) is 0.522. The van der Waals surface area contributed by atoms with E-state index in [0.717, 1.165) is 16.7 Å². The molecule has 3 rings (SSSR count). The van der Waals surface area contributed by atoms with Gasteiger partial charge < -0.3 is 0 Å². The molecule has 12 heavy (non-hydrogen) atoms. The Bertz CT molecular complexity index is 444. The molecule has 0 spiro atoms. The molecule has 3 aromatic rings. The summed E-state index contributed by atoms with van der Waals surface area (Å²) in [6.45, 7) is 0. The van der Waals surface area contributed by atoms with Crippen molar-refractivity contribution in [3.8, 4) is 0 Å². The zero-order valence-electron chi connectivity index (χ0n) is 6.10. The lowest BCUT2D eigenvalue weighted by molar-refractivity contribution is 0.951. The molecule has 0 saturated heterocycles. The summed E-state index contributed by atoms with van der Waals surface area (Å²) in [5.74, 6) is 0. The van der Waals surface area contributed by atoms with Crippen LogP contribution in [0.25, 0.3) is 16.7 Å². The average Bonchev–Trinajstić information content (AvgIpc) is 2.64. The van der Waals surface area contributed by atoms with E-state index in [-0.39, 0.29) is 0 Å². The van der Waals surface area contributed by atoms with Gasteiger partial charge in [0.05, 0.1) is 17.8 Å². The molecule has 0 aliphatic rings. The Kier molecular flexibility index (Phi) is 0.864. The van der Waals surface area contributed by atoms with E-state index in [2.05, 4.69) is 20.3 Å². The Morgan fingerprint density at radius 3 is 3.42 bits per heavy atom. The Morgan fingerprint density at radius 1 is 1.42 bits per heavy atom. The van der Waals surface area contributed by atoms with Crippen LogP contribution in [-0.2, 0) is 0 Å². The molecular weight excluding hydrogens is 154 g/mol. The topological polar surface area (TPSA) is 58.9 Å². The first kappa shape index (κ1) is 5.70. The van der Waals surface area contributed by atoms with E-state index < -0.39 is 0 Å². The van der Waals surface area contributed by atoms with Crippen LogP contribution in [-0.4, -0.2) is 24.8 Å². The van der Waals surface area contributed by atoms with Crippen LogP contribution in [0.3, 0.4) is 0 Å². The van der Waals surface area contributed by atoms with Gasteiger partial charge in [-0.05, 0) is 0 Å². The Labute approximate surface area is 67.0 Å². The summed E-state index contributed by atoms with van der Waals surface area (Å²) in [7, 11) is 0. The van der Waals surface area contributed by atoms with Crippen LogP contribution in [0.5, 0.6) is 0 Å². The second-order valence-corrected chi connectivity index (χ2v) is 2.55. The van der Waals surface area contributed by atoms with Crippen molar-refractivity contribution >= 4 is 16.7 Å². The second kappa shape index (κ2) is 1.82. The molecule has 5 nitrogen and oxygen atoms in total. The zero-order chi connectivity index (χ0) is 7.97. The normalized spacial score (nSPS) is 11.3. The number of aromatic nitrogens is 5. The number of nitrogens with zero attached hydrogens (tertiary/aromatic N) is 4. The molecule has 0 aliphatic heterocycles. The third kappa shape index (κ3) is 0.597. The lowest BCUT2D eigenvalue weighted by atomic mass is 10.4. The zero-order valence-corrected chi connectivity index (χ0v) is 6.10. The molecule has 58 valence electrons. The predicted molar refractivity (Wildman–Crippen MR) is 42.6 cm³/mol. The third-order valence-electron chi connectivity index (χ3n) is 1.78. The third-order valence-corrected chi connectivity index (χ3v) is 1.78. The Hall–Kier alpha value is -1.91. The summed E-state index contributed by atoms with van der Waals surface area (Å²) < 4.78 is 1.72. The maximum absolute atomic E-state index is 4.28. The van der Waals surface area contributed by atoms with E-state index in [4.69, 9.17) is 0 Å². The predicted octanol–water partition coefficient (Wildman–Crippen LogP) is 0.606. The van der Waals surface area contributed by atoms with Gasteiger partial charge in [-0.15, -0.1) is 0 Å². The highest BCUT2D eigenvalue weighted by atomic mass is 15.3. The van der Waals surface area contributed by atoms with Gasteiger partial charge in [0.1, 0.15) is 0 Å². The highest BCUT2D eigenvalue weighted by Gasteiger charge is 1.99. The number of nitrogens with one attached hydrogen (secondary N) is 1. The maximum atomic E-state index is 4.28. The standard InChI is InChI=1S/C7H5N5/c1-2-9-12-4-5-3-8-11-7(5)10-6(1)12/h1-4H,(H,10,11). The van der Waals surface area contributed by atoms with Crippen molar-refractivity contribution in [3.63, 3.8) is 0 Å². The largest absolute Gasteiger partial charge is 0.261 e. The molecule has 0 aliphatic carbocycles. The van der Waals surface area contributed by atoms with Crippen molar-refractivity contribution in [2.24, 2.45) is 0 Å². The summed E-state index contributed by atoms with van der Waals surface area (Å²) >= 11 is 0. The molecule has 0 bridgehead atoms. The van der Waals surface area contributed by atoms with Crippen LogP contribution >= 0.6 is 0 Å². The van der Waals surface area contributed by atoms with Crippen LogP contribution in [0.15, 0.2) is 24.7 Å². The van der Waals surface area contributed by atoms with Gasteiger partial charge in [-0.3, -0.25) is 5.10 Å². The number of rotatable bonds is 0. The molecule has 3 aromatic heterocycles. The van der Waals surface area contributed by atoms with Crippen molar-refractivity contribution in [1.29, 1.82) is 0 Å². The minimum Gasteiger partial charge on any atom is -0.261 e. The highest BCUT2D eigenvalue weighted by Crippen LogP contribution is 2.08. The van der Waals surface area contributed by atoms with Gasteiger partial charge in [-0.1, -0.05) is 0 Å². The molecule has 0 unspecified atom stereocenters. The number of H-pyrrole nitrogens is 1. The van der Waals surface area contributed by atoms with Crippen molar-refractivity contribution in [2.75, 3.05) is 0 Å². The summed E-state index contributed by atoms with van der Waals surface area (Å²) in [6.07, 6.45) is 5.33. The lowest BCUT2D eigenvalue weighted by Gasteiger charge is -1.90. The molecule has 0 atom stereocenters.